The smallest absolute Gasteiger partial charge is 0.241 e. The molecule has 0 saturated carbocycles. The van der Waals surface area contributed by atoms with Crippen LogP contribution >= 0.6 is 0 Å². The lowest BCUT2D eigenvalue weighted by Gasteiger charge is -2.07. The van der Waals surface area contributed by atoms with Gasteiger partial charge in [-0.1, -0.05) is 23.8 Å². The summed E-state index contributed by atoms with van der Waals surface area (Å²) >= 11 is 0. The number of hydrogen-bond acceptors (Lipinski definition) is 3. The molecular formula is C11H16N2O2S. The minimum atomic E-state index is -3.40. The van der Waals surface area contributed by atoms with E-state index in [2.05, 4.69) is 16.6 Å². The number of hydrogen-bond donors (Lipinski definition) is 2. The monoisotopic (exact) mass is 240 g/mol. The highest BCUT2D eigenvalue weighted by Crippen LogP contribution is 2.08. The molecule has 1 rings (SSSR count). The van der Waals surface area contributed by atoms with Crippen molar-refractivity contribution in [3.8, 4) is 0 Å². The molecule has 0 saturated heterocycles. The van der Waals surface area contributed by atoms with Crippen LogP contribution in [0.25, 0.3) is 0 Å². The second-order valence-corrected chi connectivity index (χ2v) is 5.15. The molecular weight excluding hydrogens is 224 g/mol. The summed E-state index contributed by atoms with van der Waals surface area (Å²) in [5, 5.41) is 2.86. The first kappa shape index (κ1) is 12.9. The van der Waals surface area contributed by atoms with Crippen molar-refractivity contribution in [2.75, 3.05) is 13.2 Å². The minimum absolute atomic E-state index is 0.197. The number of benzene rings is 1. The molecule has 0 spiro atoms. The van der Waals surface area contributed by atoms with Crippen LogP contribution in [-0.4, -0.2) is 21.6 Å². The highest BCUT2D eigenvalue weighted by molar-refractivity contribution is 7.89. The second-order valence-electron chi connectivity index (χ2n) is 3.38. The van der Waals surface area contributed by atoms with E-state index < -0.39 is 10.0 Å². The Kier molecular flexibility index (Phi) is 4.67. The quantitative estimate of drug-likeness (QED) is 0.443. The topological polar surface area (TPSA) is 58.2 Å². The van der Waals surface area contributed by atoms with Crippen LogP contribution in [0.2, 0.25) is 0 Å². The van der Waals surface area contributed by atoms with E-state index in [-0.39, 0.29) is 11.6 Å². The Morgan fingerprint density at radius 3 is 2.50 bits per heavy atom. The molecule has 0 aliphatic carbocycles. The van der Waals surface area contributed by atoms with Gasteiger partial charge in [0.25, 0.3) is 0 Å². The maximum Gasteiger partial charge on any atom is 0.241 e. The summed E-state index contributed by atoms with van der Waals surface area (Å²) in [5.41, 5.74) is 1.03. The Hall–Kier alpha value is -1.17. The van der Waals surface area contributed by atoms with Crippen LogP contribution < -0.4 is 10.0 Å². The van der Waals surface area contributed by atoms with E-state index in [1.54, 1.807) is 30.3 Å². The lowest BCUT2D eigenvalue weighted by atomic mass is 10.2. The fraction of sp³-hybridized carbons (Fsp3) is 0.273. The first-order valence-electron chi connectivity index (χ1n) is 4.94. The molecule has 0 atom stereocenters. The van der Waals surface area contributed by atoms with Crippen LogP contribution in [0.15, 0.2) is 41.8 Å². The van der Waals surface area contributed by atoms with Gasteiger partial charge in [0.05, 0.1) is 11.6 Å². The normalized spacial score (nSPS) is 11.3. The van der Waals surface area contributed by atoms with Crippen molar-refractivity contribution in [3.63, 3.8) is 0 Å². The van der Waals surface area contributed by atoms with E-state index in [4.69, 9.17) is 0 Å². The number of sulfonamides is 1. The van der Waals surface area contributed by atoms with Gasteiger partial charge < -0.3 is 5.32 Å². The number of rotatable bonds is 6. The highest BCUT2D eigenvalue weighted by Gasteiger charge is 2.11. The van der Waals surface area contributed by atoms with Crippen molar-refractivity contribution in [1.29, 1.82) is 0 Å². The first-order valence-corrected chi connectivity index (χ1v) is 6.42. The van der Waals surface area contributed by atoms with Crippen molar-refractivity contribution in [3.05, 3.63) is 42.5 Å². The lowest BCUT2D eigenvalue weighted by molar-refractivity contribution is 0.574. The van der Waals surface area contributed by atoms with Crippen LogP contribution in [0.4, 0.5) is 0 Å². The molecule has 0 unspecified atom stereocenters. The van der Waals surface area contributed by atoms with Crippen LogP contribution in [0, 0.1) is 6.92 Å². The van der Waals surface area contributed by atoms with Crippen LogP contribution in [-0.2, 0) is 10.0 Å². The molecule has 5 heteroatoms. The fourth-order valence-corrected chi connectivity index (χ4v) is 2.07. The molecule has 0 amide bonds. The molecule has 0 aliphatic heterocycles. The molecule has 1 aromatic carbocycles. The van der Waals surface area contributed by atoms with Crippen molar-refractivity contribution < 1.29 is 8.42 Å². The third-order valence-electron chi connectivity index (χ3n) is 2.01. The van der Waals surface area contributed by atoms with Crippen LogP contribution in [0.1, 0.15) is 5.56 Å². The molecule has 0 aliphatic rings. The molecule has 0 heterocycles. The van der Waals surface area contributed by atoms with Gasteiger partial charge in [0, 0.05) is 6.54 Å². The molecule has 88 valence electrons. The zero-order chi connectivity index (χ0) is 12.0. The molecule has 0 bridgehead atoms. The Morgan fingerprint density at radius 2 is 1.94 bits per heavy atom. The summed E-state index contributed by atoms with van der Waals surface area (Å²) in [5.74, 6) is 0. The Morgan fingerprint density at radius 1 is 1.31 bits per heavy atom. The lowest BCUT2D eigenvalue weighted by Crippen LogP contribution is -2.33. The predicted octanol–water partition coefficient (Wildman–Crippen LogP) is 1.01. The average molecular weight is 240 g/mol. The van der Waals surface area contributed by atoms with E-state index in [9.17, 15) is 8.42 Å². The molecule has 4 nitrogen and oxygen atoms in total. The van der Waals surface area contributed by atoms with Crippen molar-refractivity contribution in [2.45, 2.75) is 11.8 Å². The Labute approximate surface area is 96.4 Å². The SMILES string of the molecule is C=CCNCNS(=O)(=O)c1ccc(C)cc1. The summed E-state index contributed by atoms with van der Waals surface area (Å²) in [6, 6.07) is 6.72. The largest absolute Gasteiger partial charge is 0.300 e. The average Bonchev–Trinajstić information content (AvgIpc) is 2.25. The minimum Gasteiger partial charge on any atom is -0.300 e. The van der Waals surface area contributed by atoms with Crippen molar-refractivity contribution in [2.24, 2.45) is 0 Å². The summed E-state index contributed by atoms with van der Waals surface area (Å²) < 4.78 is 25.9. The zero-order valence-electron chi connectivity index (χ0n) is 9.23. The summed E-state index contributed by atoms with van der Waals surface area (Å²) in [7, 11) is -3.40. The Bertz CT molecular complexity index is 438. The number of aryl methyl sites for hydroxylation is 1. The van der Waals surface area contributed by atoms with Crippen LogP contribution in [0.3, 0.4) is 0 Å². The maximum atomic E-state index is 11.7. The standard InChI is InChI=1S/C11H16N2O2S/c1-3-8-12-9-13-16(14,15)11-6-4-10(2)5-7-11/h3-7,12-13H,1,8-9H2,2H3. The van der Waals surface area contributed by atoms with E-state index in [1.165, 1.54) is 0 Å². The third kappa shape index (κ3) is 3.77. The number of nitrogens with one attached hydrogen (secondary N) is 2. The highest BCUT2D eigenvalue weighted by atomic mass is 32.2. The molecule has 1 aromatic rings. The summed E-state index contributed by atoms with van der Waals surface area (Å²) in [6.45, 7) is 6.20. The van der Waals surface area contributed by atoms with Gasteiger partial charge in [-0.3, -0.25) is 0 Å². The van der Waals surface area contributed by atoms with Crippen LogP contribution in [0.5, 0.6) is 0 Å². The summed E-state index contributed by atoms with van der Waals surface area (Å²) in [4.78, 5) is 0.276. The van der Waals surface area contributed by atoms with E-state index in [0.29, 0.717) is 6.54 Å². The molecule has 2 N–H and O–H groups in total. The van der Waals surface area contributed by atoms with E-state index in [0.717, 1.165) is 5.56 Å². The van der Waals surface area contributed by atoms with Gasteiger partial charge in [-0.2, -0.15) is 4.72 Å². The van der Waals surface area contributed by atoms with Gasteiger partial charge in [-0.05, 0) is 19.1 Å². The van der Waals surface area contributed by atoms with Gasteiger partial charge in [-0.15, -0.1) is 6.58 Å². The Balaban J connectivity index is 2.63. The van der Waals surface area contributed by atoms with Gasteiger partial charge in [0.15, 0.2) is 0 Å². The van der Waals surface area contributed by atoms with Gasteiger partial charge in [-0.25, -0.2) is 8.42 Å². The third-order valence-corrected chi connectivity index (χ3v) is 3.42. The second kappa shape index (κ2) is 5.79. The van der Waals surface area contributed by atoms with E-state index >= 15 is 0 Å². The first-order chi connectivity index (χ1) is 7.56. The molecule has 16 heavy (non-hydrogen) atoms. The van der Waals surface area contributed by atoms with Gasteiger partial charge in [0.2, 0.25) is 10.0 Å². The zero-order valence-corrected chi connectivity index (χ0v) is 10.0. The van der Waals surface area contributed by atoms with Gasteiger partial charge in [0.1, 0.15) is 0 Å². The van der Waals surface area contributed by atoms with E-state index in [1.807, 2.05) is 6.92 Å². The summed E-state index contributed by atoms with van der Waals surface area (Å²) in [6.07, 6.45) is 1.67. The predicted molar refractivity (Wildman–Crippen MR) is 64.6 cm³/mol. The van der Waals surface area contributed by atoms with Crippen molar-refractivity contribution >= 4 is 10.0 Å². The molecule has 0 fully saturated rings. The van der Waals surface area contributed by atoms with Gasteiger partial charge >= 0.3 is 0 Å². The maximum absolute atomic E-state index is 11.7. The molecule has 0 radical (unpaired) electrons. The molecule has 0 aromatic heterocycles. The fourth-order valence-electron chi connectivity index (χ4n) is 1.12. The van der Waals surface area contributed by atoms with Crippen molar-refractivity contribution in [1.82, 2.24) is 10.0 Å².